The van der Waals surface area contributed by atoms with Crippen LogP contribution in [0.3, 0.4) is 0 Å². The van der Waals surface area contributed by atoms with Crippen LogP contribution in [0.4, 0.5) is 5.95 Å². The Labute approximate surface area is 103 Å². The average Bonchev–Trinajstić information content (AvgIpc) is 2.18. The number of rotatable bonds is 5. The number of methoxy groups -OCH3 is 1. The van der Waals surface area contributed by atoms with E-state index in [0.717, 1.165) is 3.57 Å². The Hall–Kier alpha value is -0.470. The molecule has 0 aliphatic heterocycles. The first-order valence-corrected chi connectivity index (χ1v) is 5.57. The second-order valence-electron chi connectivity index (χ2n) is 3.19. The maximum absolute atomic E-state index is 9.51. The molecule has 1 unspecified atom stereocenters. The molecule has 6 heteroatoms. The minimum absolute atomic E-state index is 0.314. The quantitative estimate of drug-likeness (QED) is 0.801. The molecule has 0 aromatic carbocycles. The van der Waals surface area contributed by atoms with Gasteiger partial charge in [-0.2, -0.15) is 0 Å². The predicted molar refractivity (Wildman–Crippen MR) is 65.9 cm³/mol. The number of anilines is 1. The lowest BCUT2D eigenvalue weighted by molar-refractivity contribution is 0.0693. The Morgan fingerprint density at radius 1 is 1.53 bits per heavy atom. The minimum atomic E-state index is -0.525. The van der Waals surface area contributed by atoms with Crippen LogP contribution in [0.2, 0.25) is 0 Å². The molecule has 0 radical (unpaired) electrons. The van der Waals surface area contributed by atoms with Gasteiger partial charge in [-0.15, -0.1) is 0 Å². The minimum Gasteiger partial charge on any atom is -0.389 e. The number of nitrogens with zero attached hydrogens (tertiary/aromatic N) is 3. The van der Waals surface area contributed by atoms with Gasteiger partial charge in [0.15, 0.2) is 0 Å². The summed E-state index contributed by atoms with van der Waals surface area (Å²) in [5, 5.41) is 9.51. The second kappa shape index (κ2) is 6.19. The van der Waals surface area contributed by atoms with Gasteiger partial charge in [-0.1, -0.05) is 0 Å². The van der Waals surface area contributed by atoms with Crippen LogP contribution in [-0.4, -0.2) is 48.5 Å². The van der Waals surface area contributed by atoms with E-state index in [-0.39, 0.29) is 0 Å². The molecule has 0 saturated carbocycles. The highest BCUT2D eigenvalue weighted by Crippen LogP contribution is 2.07. The molecule has 1 aromatic heterocycles. The molecular formula is C9H14IN3O2. The first-order chi connectivity index (χ1) is 7.13. The Balaban J connectivity index is 2.53. The Kier molecular flexibility index (Phi) is 5.20. The summed E-state index contributed by atoms with van der Waals surface area (Å²) < 4.78 is 5.83. The summed E-state index contributed by atoms with van der Waals surface area (Å²) >= 11 is 2.15. The predicted octanol–water partition coefficient (Wildman–Crippen LogP) is 0.525. The first-order valence-electron chi connectivity index (χ1n) is 4.49. The third-order valence-electron chi connectivity index (χ3n) is 1.79. The lowest BCUT2D eigenvalue weighted by atomic mass is 10.3. The van der Waals surface area contributed by atoms with Crippen LogP contribution >= 0.6 is 22.6 Å². The maximum Gasteiger partial charge on any atom is 0.225 e. The molecule has 0 aliphatic carbocycles. The van der Waals surface area contributed by atoms with E-state index in [0.29, 0.717) is 19.1 Å². The fraction of sp³-hybridized carbons (Fsp3) is 0.556. The van der Waals surface area contributed by atoms with Crippen LogP contribution in [0.15, 0.2) is 12.4 Å². The van der Waals surface area contributed by atoms with E-state index in [2.05, 4.69) is 32.6 Å². The van der Waals surface area contributed by atoms with Crippen molar-refractivity contribution in [3.63, 3.8) is 0 Å². The number of hydrogen-bond acceptors (Lipinski definition) is 5. The van der Waals surface area contributed by atoms with Crippen molar-refractivity contribution in [3.05, 3.63) is 16.0 Å². The van der Waals surface area contributed by atoms with Crippen molar-refractivity contribution in [1.82, 2.24) is 9.97 Å². The van der Waals surface area contributed by atoms with Crippen molar-refractivity contribution in [2.75, 3.05) is 32.2 Å². The molecule has 1 atom stereocenters. The highest BCUT2D eigenvalue weighted by molar-refractivity contribution is 14.1. The van der Waals surface area contributed by atoms with E-state index in [1.54, 1.807) is 24.4 Å². The fourth-order valence-electron chi connectivity index (χ4n) is 1.15. The molecule has 1 rings (SSSR count). The zero-order chi connectivity index (χ0) is 11.3. The lowest BCUT2D eigenvalue weighted by Gasteiger charge is -2.19. The van der Waals surface area contributed by atoms with Crippen LogP contribution < -0.4 is 4.90 Å². The van der Waals surface area contributed by atoms with Gasteiger partial charge in [0.1, 0.15) is 0 Å². The molecule has 0 bridgehead atoms. The number of aliphatic hydroxyl groups excluding tert-OH is 1. The summed E-state index contributed by atoms with van der Waals surface area (Å²) in [5.41, 5.74) is 0. The van der Waals surface area contributed by atoms with E-state index in [1.165, 1.54) is 0 Å². The number of ether oxygens (including phenoxy) is 1. The van der Waals surface area contributed by atoms with Crippen LogP contribution in [0.25, 0.3) is 0 Å². The van der Waals surface area contributed by atoms with Gasteiger partial charge in [-0.05, 0) is 22.6 Å². The highest BCUT2D eigenvalue weighted by Gasteiger charge is 2.10. The van der Waals surface area contributed by atoms with Gasteiger partial charge in [0.05, 0.1) is 12.7 Å². The van der Waals surface area contributed by atoms with Gasteiger partial charge >= 0.3 is 0 Å². The molecule has 1 heterocycles. The number of aliphatic hydroxyl groups is 1. The van der Waals surface area contributed by atoms with E-state index in [4.69, 9.17) is 4.74 Å². The fourth-order valence-corrected chi connectivity index (χ4v) is 1.42. The van der Waals surface area contributed by atoms with E-state index in [9.17, 15) is 5.11 Å². The molecule has 0 amide bonds. The summed E-state index contributed by atoms with van der Waals surface area (Å²) in [4.78, 5) is 10.1. The Morgan fingerprint density at radius 3 is 2.67 bits per heavy atom. The Bertz CT molecular complexity index is 294. The lowest BCUT2D eigenvalue weighted by Crippen LogP contribution is -2.32. The zero-order valence-electron chi connectivity index (χ0n) is 8.72. The number of halogens is 1. The molecule has 0 saturated heterocycles. The van der Waals surface area contributed by atoms with Gasteiger partial charge in [-0.3, -0.25) is 0 Å². The molecule has 0 fully saturated rings. The molecule has 0 spiro atoms. The third kappa shape index (κ3) is 4.27. The van der Waals surface area contributed by atoms with Crippen molar-refractivity contribution in [2.24, 2.45) is 0 Å². The van der Waals surface area contributed by atoms with Gasteiger partial charge < -0.3 is 14.7 Å². The normalized spacial score (nSPS) is 12.5. The SMILES string of the molecule is COCC(O)CN(C)c1ncc(I)cn1. The standard InChI is InChI=1S/C9H14IN3O2/c1-13(5-8(14)6-15-2)9-11-3-7(10)4-12-9/h3-4,8,14H,5-6H2,1-2H3. The molecule has 1 N–H and O–H groups in total. The molecule has 5 nitrogen and oxygen atoms in total. The van der Waals surface area contributed by atoms with E-state index >= 15 is 0 Å². The van der Waals surface area contributed by atoms with Gasteiger partial charge in [0, 0.05) is 36.7 Å². The number of aromatic nitrogens is 2. The van der Waals surface area contributed by atoms with Crippen LogP contribution in [0, 0.1) is 3.57 Å². The van der Waals surface area contributed by atoms with Crippen molar-refractivity contribution < 1.29 is 9.84 Å². The maximum atomic E-state index is 9.51. The monoisotopic (exact) mass is 323 g/mol. The van der Waals surface area contributed by atoms with Crippen molar-refractivity contribution >= 4 is 28.5 Å². The first kappa shape index (κ1) is 12.6. The molecule has 0 aliphatic rings. The molecule has 1 aromatic rings. The van der Waals surface area contributed by atoms with Crippen LogP contribution in [0.5, 0.6) is 0 Å². The summed E-state index contributed by atoms with van der Waals surface area (Å²) in [7, 11) is 3.39. The summed E-state index contributed by atoms with van der Waals surface area (Å²) in [6.07, 6.45) is 2.95. The van der Waals surface area contributed by atoms with Crippen molar-refractivity contribution in [1.29, 1.82) is 0 Å². The van der Waals surface area contributed by atoms with Crippen molar-refractivity contribution in [3.8, 4) is 0 Å². The summed E-state index contributed by atoms with van der Waals surface area (Å²) in [6, 6.07) is 0. The largest absolute Gasteiger partial charge is 0.389 e. The van der Waals surface area contributed by atoms with Gasteiger partial charge in [0.2, 0.25) is 5.95 Å². The smallest absolute Gasteiger partial charge is 0.225 e. The molecule has 84 valence electrons. The highest BCUT2D eigenvalue weighted by atomic mass is 127. The number of hydrogen-bond donors (Lipinski definition) is 1. The summed E-state index contributed by atoms with van der Waals surface area (Å²) in [5.74, 6) is 0.602. The van der Waals surface area contributed by atoms with Gasteiger partial charge in [0.25, 0.3) is 0 Å². The van der Waals surface area contributed by atoms with E-state index < -0.39 is 6.10 Å². The average molecular weight is 323 g/mol. The number of likely N-dealkylation sites (N-methyl/N-ethyl adjacent to an activating group) is 1. The topological polar surface area (TPSA) is 58.5 Å². The summed E-state index contributed by atoms with van der Waals surface area (Å²) in [6.45, 7) is 0.767. The third-order valence-corrected chi connectivity index (χ3v) is 2.35. The van der Waals surface area contributed by atoms with E-state index in [1.807, 2.05) is 7.05 Å². The molecule has 15 heavy (non-hydrogen) atoms. The van der Waals surface area contributed by atoms with Crippen molar-refractivity contribution in [2.45, 2.75) is 6.10 Å². The molecular weight excluding hydrogens is 309 g/mol. The second-order valence-corrected chi connectivity index (χ2v) is 4.44. The zero-order valence-corrected chi connectivity index (χ0v) is 10.9. The van der Waals surface area contributed by atoms with Gasteiger partial charge in [-0.25, -0.2) is 9.97 Å². The van der Waals surface area contributed by atoms with Crippen LogP contribution in [-0.2, 0) is 4.74 Å². The Morgan fingerprint density at radius 2 is 2.13 bits per heavy atom. The van der Waals surface area contributed by atoms with Crippen LogP contribution in [0.1, 0.15) is 0 Å².